The Morgan fingerprint density at radius 3 is 2.65 bits per heavy atom. The molecule has 1 unspecified atom stereocenters. The molecule has 1 N–H and O–H groups in total. The van der Waals surface area contributed by atoms with Crippen LogP contribution in [0, 0.1) is 12.8 Å². The third-order valence-corrected chi connectivity index (χ3v) is 4.92. The van der Waals surface area contributed by atoms with E-state index in [0.29, 0.717) is 0 Å². The number of nitrogens with one attached hydrogen (secondary N) is 1. The van der Waals surface area contributed by atoms with Crippen LogP contribution < -0.4 is 10.2 Å². The quantitative estimate of drug-likeness (QED) is 0.883. The Kier molecular flexibility index (Phi) is 4.30. The summed E-state index contributed by atoms with van der Waals surface area (Å²) in [5, 5.41) is 3.47. The van der Waals surface area contributed by atoms with Gasteiger partial charge in [-0.3, -0.25) is 0 Å². The molecule has 2 fully saturated rings. The monoisotopic (exact) mass is 272 g/mol. The van der Waals surface area contributed by atoms with Crippen LogP contribution in [0.4, 0.5) is 5.69 Å². The SMILES string of the molecule is Cc1cc(C2CCNCC2)cc(N2CCCC(C)C2)c1. The predicted octanol–water partition coefficient (Wildman–Crippen LogP) is 3.70. The molecule has 2 aliphatic heterocycles. The van der Waals surface area contributed by atoms with Gasteiger partial charge in [-0.1, -0.05) is 13.0 Å². The zero-order valence-electron chi connectivity index (χ0n) is 13.0. The molecule has 0 aromatic heterocycles. The van der Waals surface area contributed by atoms with Crippen LogP contribution in [0.2, 0.25) is 0 Å². The minimum atomic E-state index is 0.761. The van der Waals surface area contributed by atoms with Crippen LogP contribution >= 0.6 is 0 Å². The lowest BCUT2D eigenvalue weighted by Gasteiger charge is -2.34. The first kappa shape index (κ1) is 13.9. The Morgan fingerprint density at radius 2 is 1.90 bits per heavy atom. The van der Waals surface area contributed by atoms with Gasteiger partial charge in [-0.25, -0.2) is 0 Å². The second kappa shape index (κ2) is 6.17. The van der Waals surface area contributed by atoms with Gasteiger partial charge >= 0.3 is 0 Å². The number of nitrogens with zero attached hydrogens (tertiary/aromatic N) is 1. The summed E-state index contributed by atoms with van der Waals surface area (Å²) in [6, 6.07) is 7.26. The molecular weight excluding hydrogens is 244 g/mol. The molecule has 0 radical (unpaired) electrons. The van der Waals surface area contributed by atoms with Gasteiger partial charge in [0.25, 0.3) is 0 Å². The molecule has 0 bridgehead atoms. The fraction of sp³-hybridized carbons (Fsp3) is 0.667. The largest absolute Gasteiger partial charge is 0.371 e. The summed E-state index contributed by atoms with van der Waals surface area (Å²) in [7, 11) is 0. The third-order valence-electron chi connectivity index (χ3n) is 4.92. The third kappa shape index (κ3) is 3.17. The standard InChI is InChI=1S/C18H28N2/c1-14-4-3-9-20(13-14)18-11-15(2)10-17(12-18)16-5-7-19-8-6-16/h10-12,14,16,19H,3-9,13H2,1-2H3. The van der Waals surface area contributed by atoms with Crippen molar-refractivity contribution >= 4 is 5.69 Å². The molecule has 2 heteroatoms. The van der Waals surface area contributed by atoms with Crippen LogP contribution in [0.15, 0.2) is 18.2 Å². The number of rotatable bonds is 2. The van der Waals surface area contributed by atoms with Gasteiger partial charge in [-0.15, -0.1) is 0 Å². The molecule has 2 heterocycles. The maximum atomic E-state index is 3.47. The maximum absolute atomic E-state index is 3.47. The average Bonchev–Trinajstić information content (AvgIpc) is 2.47. The zero-order valence-corrected chi connectivity index (χ0v) is 13.0. The normalized spacial score (nSPS) is 24.9. The molecule has 0 amide bonds. The Hall–Kier alpha value is -1.02. The molecule has 1 atom stereocenters. The highest BCUT2D eigenvalue weighted by Gasteiger charge is 2.20. The highest BCUT2D eigenvalue weighted by atomic mass is 15.1. The maximum Gasteiger partial charge on any atom is 0.0371 e. The molecular formula is C18H28N2. The zero-order chi connectivity index (χ0) is 13.9. The van der Waals surface area contributed by atoms with E-state index in [1.165, 1.54) is 63.1 Å². The lowest BCUT2D eigenvalue weighted by Crippen LogP contribution is -2.34. The van der Waals surface area contributed by atoms with Crippen LogP contribution in [0.5, 0.6) is 0 Å². The van der Waals surface area contributed by atoms with Gasteiger partial charge in [0.05, 0.1) is 0 Å². The summed E-state index contributed by atoms with van der Waals surface area (Å²) in [5.74, 6) is 1.60. The van der Waals surface area contributed by atoms with Crippen molar-refractivity contribution in [3.8, 4) is 0 Å². The van der Waals surface area contributed by atoms with E-state index in [2.05, 4.69) is 42.3 Å². The molecule has 0 saturated carbocycles. The number of hydrogen-bond donors (Lipinski definition) is 1. The smallest absolute Gasteiger partial charge is 0.0371 e. The molecule has 1 aromatic carbocycles. The van der Waals surface area contributed by atoms with Crippen LogP contribution in [0.3, 0.4) is 0 Å². The van der Waals surface area contributed by atoms with E-state index in [1.54, 1.807) is 5.56 Å². The Balaban J connectivity index is 1.82. The Labute approximate surface area is 123 Å². The summed E-state index contributed by atoms with van der Waals surface area (Å²) in [5.41, 5.74) is 4.46. The highest BCUT2D eigenvalue weighted by molar-refractivity contribution is 5.52. The molecule has 20 heavy (non-hydrogen) atoms. The highest BCUT2D eigenvalue weighted by Crippen LogP contribution is 2.31. The number of hydrogen-bond acceptors (Lipinski definition) is 2. The molecule has 2 saturated heterocycles. The Bertz CT molecular complexity index is 449. The van der Waals surface area contributed by atoms with Crippen molar-refractivity contribution in [2.45, 2.75) is 45.4 Å². The fourth-order valence-electron chi connectivity index (χ4n) is 3.79. The summed E-state index contributed by atoms with van der Waals surface area (Å²) >= 11 is 0. The van der Waals surface area contributed by atoms with Gasteiger partial charge in [-0.2, -0.15) is 0 Å². The van der Waals surface area contributed by atoms with E-state index in [-0.39, 0.29) is 0 Å². The van der Waals surface area contributed by atoms with Gasteiger partial charge in [0.2, 0.25) is 0 Å². The first-order valence-electron chi connectivity index (χ1n) is 8.29. The second-order valence-corrected chi connectivity index (χ2v) is 6.82. The molecule has 3 rings (SSSR count). The topological polar surface area (TPSA) is 15.3 Å². The second-order valence-electron chi connectivity index (χ2n) is 6.82. The van der Waals surface area contributed by atoms with E-state index in [4.69, 9.17) is 0 Å². The van der Waals surface area contributed by atoms with Crippen molar-refractivity contribution in [1.82, 2.24) is 5.32 Å². The molecule has 2 aliphatic rings. The molecule has 2 nitrogen and oxygen atoms in total. The lowest BCUT2D eigenvalue weighted by atomic mass is 9.88. The van der Waals surface area contributed by atoms with Gasteiger partial charge < -0.3 is 10.2 Å². The number of aryl methyl sites for hydroxylation is 1. The van der Waals surface area contributed by atoms with Crippen LogP contribution in [-0.2, 0) is 0 Å². The number of anilines is 1. The summed E-state index contributed by atoms with van der Waals surface area (Å²) in [6.45, 7) is 9.45. The number of piperidine rings is 2. The number of benzene rings is 1. The van der Waals surface area contributed by atoms with Gasteiger partial charge in [0, 0.05) is 18.8 Å². The first-order chi connectivity index (χ1) is 9.72. The molecule has 0 aliphatic carbocycles. The van der Waals surface area contributed by atoms with Crippen LogP contribution in [0.1, 0.15) is 49.7 Å². The summed E-state index contributed by atoms with van der Waals surface area (Å²) < 4.78 is 0. The van der Waals surface area contributed by atoms with Crippen LogP contribution in [-0.4, -0.2) is 26.2 Å². The van der Waals surface area contributed by atoms with Crippen molar-refractivity contribution in [3.63, 3.8) is 0 Å². The summed E-state index contributed by atoms with van der Waals surface area (Å²) in [6.07, 6.45) is 5.32. The van der Waals surface area contributed by atoms with Crippen LogP contribution in [0.25, 0.3) is 0 Å². The van der Waals surface area contributed by atoms with Crippen molar-refractivity contribution in [3.05, 3.63) is 29.3 Å². The van der Waals surface area contributed by atoms with E-state index in [1.807, 2.05) is 0 Å². The van der Waals surface area contributed by atoms with E-state index in [9.17, 15) is 0 Å². The van der Waals surface area contributed by atoms with Gasteiger partial charge in [0.15, 0.2) is 0 Å². The average molecular weight is 272 g/mol. The first-order valence-corrected chi connectivity index (χ1v) is 8.29. The minimum absolute atomic E-state index is 0.761. The van der Waals surface area contributed by atoms with E-state index < -0.39 is 0 Å². The Morgan fingerprint density at radius 1 is 1.10 bits per heavy atom. The summed E-state index contributed by atoms with van der Waals surface area (Å²) in [4.78, 5) is 2.60. The predicted molar refractivity (Wildman–Crippen MR) is 86.6 cm³/mol. The van der Waals surface area contributed by atoms with Gasteiger partial charge in [0.1, 0.15) is 0 Å². The van der Waals surface area contributed by atoms with Gasteiger partial charge in [-0.05, 0) is 80.8 Å². The van der Waals surface area contributed by atoms with Crippen molar-refractivity contribution < 1.29 is 0 Å². The fourth-order valence-corrected chi connectivity index (χ4v) is 3.79. The van der Waals surface area contributed by atoms with Crippen molar-refractivity contribution in [2.75, 3.05) is 31.1 Å². The van der Waals surface area contributed by atoms with Crippen molar-refractivity contribution in [1.29, 1.82) is 0 Å². The van der Waals surface area contributed by atoms with E-state index >= 15 is 0 Å². The molecule has 0 spiro atoms. The van der Waals surface area contributed by atoms with E-state index in [0.717, 1.165) is 11.8 Å². The van der Waals surface area contributed by atoms with Crippen molar-refractivity contribution in [2.24, 2.45) is 5.92 Å². The lowest BCUT2D eigenvalue weighted by molar-refractivity contribution is 0.445. The minimum Gasteiger partial charge on any atom is -0.371 e. The molecule has 1 aromatic rings. The molecule has 110 valence electrons.